The van der Waals surface area contributed by atoms with Crippen molar-refractivity contribution in [1.29, 1.82) is 0 Å². The summed E-state index contributed by atoms with van der Waals surface area (Å²) >= 11 is 0. The van der Waals surface area contributed by atoms with Crippen LogP contribution in [-0.2, 0) is 29.2 Å². The Morgan fingerprint density at radius 2 is 1.47 bits per heavy atom. The molecule has 0 bridgehead atoms. The number of nitrogens with two attached hydrogens (primary N) is 3. The van der Waals surface area contributed by atoms with Crippen LogP contribution >= 0.6 is 24.8 Å². The molecule has 0 aliphatic rings. The predicted octanol–water partition coefficient (Wildman–Crippen LogP) is 5.19. The number of aromatic nitrogens is 3. The molecule has 4 rings (SSSR count). The number of rotatable bonds is 23. The van der Waals surface area contributed by atoms with Crippen LogP contribution in [-0.4, -0.2) is 64.5 Å². The van der Waals surface area contributed by atoms with Crippen LogP contribution in [0.1, 0.15) is 63.6 Å². The van der Waals surface area contributed by atoms with E-state index in [1.165, 1.54) is 0 Å². The van der Waals surface area contributed by atoms with Crippen LogP contribution < -0.4 is 37.3 Å². The van der Waals surface area contributed by atoms with Gasteiger partial charge in [0, 0.05) is 23.7 Å². The highest BCUT2D eigenvalue weighted by atomic mass is 35.5. The summed E-state index contributed by atoms with van der Waals surface area (Å²) in [6, 6.07) is 24.2. The van der Waals surface area contributed by atoms with Gasteiger partial charge in [0.15, 0.2) is 5.96 Å². The summed E-state index contributed by atoms with van der Waals surface area (Å²) < 4.78 is 14.2. The fraction of sp³-hybridized carbons (Fsp3) is 0.425. The van der Waals surface area contributed by atoms with Crippen LogP contribution in [0.2, 0.25) is 0 Å². The Morgan fingerprint density at radius 3 is 2.13 bits per heavy atom. The van der Waals surface area contributed by atoms with Gasteiger partial charge in [-0.2, -0.15) is 0 Å². The van der Waals surface area contributed by atoms with E-state index in [1.807, 2.05) is 85.1 Å². The average Bonchev–Trinajstić information content (AvgIpc) is 3.59. The molecule has 0 aliphatic heterocycles. The lowest BCUT2D eigenvalue weighted by molar-refractivity contribution is -0.129. The van der Waals surface area contributed by atoms with Gasteiger partial charge < -0.3 is 37.3 Å². The van der Waals surface area contributed by atoms with E-state index in [9.17, 15) is 9.59 Å². The number of ether oxygens (including phenoxy) is 2. The quantitative estimate of drug-likeness (QED) is 0.0381. The number of carbonyl (C=O) groups is 2. The number of guanidine groups is 1. The number of hydrogen-bond acceptors (Lipinski definition) is 8. The molecule has 300 valence electrons. The molecule has 0 radical (unpaired) electrons. The fourth-order valence-corrected chi connectivity index (χ4v) is 5.75. The number of amides is 2. The van der Waals surface area contributed by atoms with Crippen molar-refractivity contribution in [1.82, 2.24) is 25.6 Å². The molecule has 1 aromatic heterocycles. The second-order valence-corrected chi connectivity index (χ2v) is 13.5. The Balaban J connectivity index is 0.00000523. The number of para-hydroxylation sites is 2. The number of halogens is 2. The van der Waals surface area contributed by atoms with Gasteiger partial charge in [0.2, 0.25) is 11.8 Å². The van der Waals surface area contributed by atoms with E-state index >= 15 is 0 Å². The van der Waals surface area contributed by atoms with Gasteiger partial charge in [-0.1, -0.05) is 92.2 Å². The van der Waals surface area contributed by atoms with Crippen LogP contribution in [0.3, 0.4) is 0 Å². The predicted molar refractivity (Wildman–Crippen MR) is 223 cm³/mol. The summed E-state index contributed by atoms with van der Waals surface area (Å²) in [7, 11) is 0. The summed E-state index contributed by atoms with van der Waals surface area (Å²) in [5.41, 5.74) is 20.1. The van der Waals surface area contributed by atoms with E-state index in [0.29, 0.717) is 62.9 Å². The zero-order valence-corrected chi connectivity index (χ0v) is 33.4. The molecule has 8 N–H and O–H groups in total. The van der Waals surface area contributed by atoms with Crippen molar-refractivity contribution in [2.24, 2.45) is 28.1 Å². The highest BCUT2D eigenvalue weighted by Gasteiger charge is 2.24. The van der Waals surface area contributed by atoms with Crippen LogP contribution in [0.15, 0.2) is 90.1 Å². The third-order valence-corrected chi connectivity index (χ3v) is 8.54. The number of hydrogen-bond donors (Lipinski definition) is 5. The molecule has 0 fully saturated rings. The Hall–Kier alpha value is -4.85. The van der Waals surface area contributed by atoms with Gasteiger partial charge in [0.05, 0.1) is 25.8 Å². The van der Waals surface area contributed by atoms with Gasteiger partial charge in [-0.3, -0.25) is 19.3 Å². The second-order valence-electron chi connectivity index (χ2n) is 13.5. The third kappa shape index (κ3) is 16.6. The zero-order valence-electron chi connectivity index (χ0n) is 31.8. The minimum atomic E-state index is -0.775. The molecule has 1 heterocycles. The number of carbonyl (C=O) groups excluding carboxylic acids is 2. The minimum Gasteiger partial charge on any atom is -0.493 e. The highest BCUT2D eigenvalue weighted by molar-refractivity contribution is 5.88. The van der Waals surface area contributed by atoms with Crippen molar-refractivity contribution in [3.63, 3.8) is 0 Å². The summed E-state index contributed by atoms with van der Waals surface area (Å²) in [5.74, 6) is 1.50. The van der Waals surface area contributed by atoms with Crippen molar-refractivity contribution < 1.29 is 19.1 Å². The monoisotopic (exact) mass is 797 g/mol. The van der Waals surface area contributed by atoms with Gasteiger partial charge in [0.25, 0.3) is 0 Å². The number of nitrogens with zero attached hydrogens (tertiary/aromatic N) is 4. The van der Waals surface area contributed by atoms with E-state index in [-0.39, 0.29) is 61.7 Å². The Bertz CT molecular complexity index is 1740. The normalized spacial score (nSPS) is 11.7. The maximum atomic E-state index is 13.7. The lowest BCUT2D eigenvalue weighted by Crippen LogP contribution is -2.51. The molecule has 4 aromatic rings. The number of aliphatic imine (C=N–C) groups is 1. The molecule has 0 spiro atoms. The van der Waals surface area contributed by atoms with Crippen molar-refractivity contribution in [2.75, 3.05) is 19.7 Å². The van der Waals surface area contributed by atoms with Crippen LogP contribution in [0.25, 0.3) is 11.1 Å². The molecule has 2 amide bonds. The van der Waals surface area contributed by atoms with Gasteiger partial charge in [-0.15, -0.1) is 29.9 Å². The SMILES string of the molecule is CC(C)CCOc1ccccc1-c1ccccc1OCc1cn(C[C@@H](CCCCN)NC(=O)[C@@H](CCCN=C(N)N)NC(=O)Cc2ccccc2)nn1.Cl.Cl. The van der Waals surface area contributed by atoms with Gasteiger partial charge >= 0.3 is 0 Å². The molecule has 55 heavy (non-hydrogen) atoms. The first-order valence-electron chi connectivity index (χ1n) is 18.4. The molecule has 3 aromatic carbocycles. The molecule has 15 heteroatoms. The molecule has 0 saturated carbocycles. The van der Waals surface area contributed by atoms with Crippen molar-refractivity contribution >= 4 is 42.6 Å². The summed E-state index contributed by atoms with van der Waals surface area (Å²) in [6.07, 6.45) is 6.09. The molecule has 0 aliphatic carbocycles. The largest absolute Gasteiger partial charge is 0.493 e. The summed E-state index contributed by atoms with van der Waals surface area (Å²) in [5, 5.41) is 14.8. The molecule has 0 unspecified atom stereocenters. The molecule has 0 saturated heterocycles. The summed E-state index contributed by atoms with van der Waals surface area (Å²) in [4.78, 5) is 30.7. The number of benzene rings is 3. The van der Waals surface area contributed by atoms with E-state index in [0.717, 1.165) is 41.7 Å². The topological polar surface area (TPSA) is 198 Å². The van der Waals surface area contributed by atoms with Crippen molar-refractivity contribution in [2.45, 2.75) is 84.0 Å². The van der Waals surface area contributed by atoms with Crippen molar-refractivity contribution in [3.8, 4) is 22.6 Å². The third-order valence-electron chi connectivity index (χ3n) is 8.54. The smallest absolute Gasteiger partial charge is 0.242 e. The van der Waals surface area contributed by atoms with E-state index < -0.39 is 6.04 Å². The van der Waals surface area contributed by atoms with E-state index in [4.69, 9.17) is 26.7 Å². The second kappa shape index (κ2) is 25.3. The zero-order chi connectivity index (χ0) is 37.8. The molecular formula is C40H57Cl2N9O4. The maximum Gasteiger partial charge on any atom is 0.242 e. The first-order valence-corrected chi connectivity index (χ1v) is 18.4. The van der Waals surface area contributed by atoms with Crippen molar-refractivity contribution in [3.05, 3.63) is 96.3 Å². The Kier molecular flexibility index (Phi) is 21.3. The van der Waals surface area contributed by atoms with E-state index in [1.54, 1.807) is 4.68 Å². The molecular weight excluding hydrogens is 741 g/mol. The van der Waals surface area contributed by atoms with Gasteiger partial charge in [-0.25, -0.2) is 0 Å². The van der Waals surface area contributed by atoms with Crippen LogP contribution in [0, 0.1) is 5.92 Å². The van der Waals surface area contributed by atoms with E-state index in [2.05, 4.69) is 39.8 Å². The maximum absolute atomic E-state index is 13.7. The fourth-order valence-electron chi connectivity index (χ4n) is 5.75. The van der Waals surface area contributed by atoms with Crippen LogP contribution in [0.4, 0.5) is 0 Å². The molecule has 2 atom stereocenters. The average molecular weight is 799 g/mol. The highest BCUT2D eigenvalue weighted by Crippen LogP contribution is 2.36. The van der Waals surface area contributed by atoms with Crippen LogP contribution in [0.5, 0.6) is 11.5 Å². The van der Waals surface area contributed by atoms with Gasteiger partial charge in [0.1, 0.15) is 29.8 Å². The minimum absolute atomic E-state index is 0. The first-order chi connectivity index (χ1) is 25.7. The van der Waals surface area contributed by atoms with Gasteiger partial charge in [-0.05, 0) is 62.3 Å². The Labute approximate surface area is 337 Å². The first kappa shape index (κ1) is 46.3. The lowest BCUT2D eigenvalue weighted by Gasteiger charge is -2.23. The molecule has 13 nitrogen and oxygen atoms in total. The number of nitrogens with one attached hydrogen (secondary N) is 2. The lowest BCUT2D eigenvalue weighted by atomic mass is 10.0. The number of unbranched alkanes of at least 4 members (excludes halogenated alkanes) is 1. The standard InChI is InChI=1S/C40H55N9O4.2ClH/c1-29(2)21-24-52-36-19-8-6-16-33(36)34-17-7-9-20-37(34)53-28-32-27-49(48-47-32)26-31(15-10-11-22-41)45-39(51)35(18-12-23-44-40(42)43)46-38(50)25-30-13-4-3-5-14-30;;/h3-9,13-14,16-17,19-20,27,29,31,35H,10-12,15,18,21-26,28,41H2,1-2H3,(H,45,51)(H,46,50)(H4,42,43,44);2*1H/t31-,35-;;/m1../s1. The summed E-state index contributed by atoms with van der Waals surface area (Å²) in [6.45, 7) is 6.45. The Morgan fingerprint density at radius 1 is 0.818 bits per heavy atom.